The minimum atomic E-state index is 0.0293. The Labute approximate surface area is 111 Å². The summed E-state index contributed by atoms with van der Waals surface area (Å²) in [6, 6.07) is 11.2. The summed E-state index contributed by atoms with van der Waals surface area (Å²) in [6.07, 6.45) is 0.369. The van der Waals surface area contributed by atoms with Crippen molar-refractivity contribution in [3.63, 3.8) is 0 Å². The minimum absolute atomic E-state index is 0.0293. The van der Waals surface area contributed by atoms with Gasteiger partial charge in [-0.1, -0.05) is 12.1 Å². The molecule has 19 heavy (non-hydrogen) atoms. The molecule has 0 saturated heterocycles. The number of aryl methyl sites for hydroxylation is 1. The topological polar surface area (TPSA) is 72.3 Å². The third kappa shape index (κ3) is 1.73. The number of amides is 1. The predicted molar refractivity (Wildman–Crippen MR) is 77.3 cm³/mol. The van der Waals surface area contributed by atoms with E-state index in [0.717, 1.165) is 22.5 Å². The molecule has 0 saturated carbocycles. The molecule has 1 aliphatic rings. The van der Waals surface area contributed by atoms with Gasteiger partial charge in [-0.3, -0.25) is 9.69 Å². The molecule has 96 valence electrons. The molecule has 0 radical (unpaired) electrons. The van der Waals surface area contributed by atoms with Crippen molar-refractivity contribution in [3.05, 3.63) is 47.5 Å². The number of rotatable bonds is 1. The van der Waals surface area contributed by atoms with E-state index in [0.29, 0.717) is 17.8 Å². The third-order valence-corrected chi connectivity index (χ3v) is 3.43. The Kier molecular flexibility index (Phi) is 2.45. The van der Waals surface area contributed by atoms with Crippen molar-refractivity contribution in [3.8, 4) is 0 Å². The van der Waals surface area contributed by atoms with Gasteiger partial charge in [-0.15, -0.1) is 0 Å². The van der Waals surface area contributed by atoms with Gasteiger partial charge in [-0.2, -0.15) is 0 Å². The zero-order valence-corrected chi connectivity index (χ0v) is 10.7. The first-order chi connectivity index (χ1) is 9.08. The summed E-state index contributed by atoms with van der Waals surface area (Å²) in [7, 11) is 0. The van der Waals surface area contributed by atoms with Crippen molar-refractivity contribution >= 4 is 28.7 Å². The van der Waals surface area contributed by atoms with E-state index in [-0.39, 0.29) is 5.91 Å². The van der Waals surface area contributed by atoms with Gasteiger partial charge in [0.15, 0.2) is 0 Å². The highest BCUT2D eigenvalue weighted by molar-refractivity contribution is 6.10. The molecule has 0 aromatic heterocycles. The van der Waals surface area contributed by atoms with Crippen LogP contribution in [0.3, 0.4) is 0 Å². The highest BCUT2D eigenvalue weighted by atomic mass is 16.2. The van der Waals surface area contributed by atoms with E-state index in [1.54, 1.807) is 11.0 Å². The number of nitrogen functional groups attached to an aromatic ring is 2. The maximum atomic E-state index is 12.3. The molecule has 0 unspecified atom stereocenters. The van der Waals surface area contributed by atoms with E-state index in [4.69, 9.17) is 11.5 Å². The SMILES string of the molecule is Cc1cccc(N)c1N1C(=O)Cc2cc(N)ccc21. The molecular weight excluding hydrogens is 238 g/mol. The number of nitrogens with two attached hydrogens (primary N) is 2. The number of carbonyl (C=O) groups is 1. The lowest BCUT2D eigenvalue weighted by Gasteiger charge is -2.21. The molecule has 0 atom stereocenters. The van der Waals surface area contributed by atoms with Crippen LogP contribution >= 0.6 is 0 Å². The van der Waals surface area contributed by atoms with E-state index in [2.05, 4.69) is 0 Å². The van der Waals surface area contributed by atoms with Crippen LogP contribution in [0.1, 0.15) is 11.1 Å². The highest BCUT2D eigenvalue weighted by Crippen LogP contribution is 2.40. The number of hydrogen-bond donors (Lipinski definition) is 2. The Morgan fingerprint density at radius 2 is 1.95 bits per heavy atom. The summed E-state index contributed by atoms with van der Waals surface area (Å²) < 4.78 is 0. The molecule has 0 aliphatic carbocycles. The summed E-state index contributed by atoms with van der Waals surface area (Å²) in [6.45, 7) is 1.95. The van der Waals surface area contributed by atoms with Crippen LogP contribution in [0.4, 0.5) is 22.7 Å². The molecule has 2 aromatic carbocycles. The van der Waals surface area contributed by atoms with E-state index >= 15 is 0 Å². The second-order valence-corrected chi connectivity index (χ2v) is 4.81. The Morgan fingerprint density at radius 3 is 2.68 bits per heavy atom. The molecule has 1 aliphatic heterocycles. The van der Waals surface area contributed by atoms with Crippen LogP contribution in [0.2, 0.25) is 0 Å². The van der Waals surface area contributed by atoms with Gasteiger partial charge in [-0.05, 0) is 42.3 Å². The van der Waals surface area contributed by atoms with E-state index < -0.39 is 0 Å². The lowest BCUT2D eigenvalue weighted by molar-refractivity contribution is -0.116. The van der Waals surface area contributed by atoms with Gasteiger partial charge in [-0.25, -0.2) is 0 Å². The first kappa shape index (κ1) is 11.6. The zero-order valence-electron chi connectivity index (χ0n) is 10.7. The molecular formula is C15H15N3O. The van der Waals surface area contributed by atoms with Gasteiger partial charge in [0.25, 0.3) is 0 Å². The number of hydrogen-bond acceptors (Lipinski definition) is 3. The van der Waals surface area contributed by atoms with Crippen molar-refractivity contribution in [2.24, 2.45) is 0 Å². The number of fused-ring (bicyclic) bond motifs is 1. The summed E-state index contributed by atoms with van der Waals surface area (Å²) in [5.74, 6) is 0.0293. The third-order valence-electron chi connectivity index (χ3n) is 3.43. The maximum absolute atomic E-state index is 12.3. The average Bonchev–Trinajstić information content (AvgIpc) is 2.65. The van der Waals surface area contributed by atoms with Gasteiger partial charge < -0.3 is 11.5 Å². The van der Waals surface area contributed by atoms with Crippen molar-refractivity contribution < 1.29 is 4.79 Å². The normalized spacial score (nSPS) is 13.7. The van der Waals surface area contributed by atoms with E-state index in [9.17, 15) is 4.79 Å². The fourth-order valence-electron chi connectivity index (χ4n) is 2.57. The van der Waals surface area contributed by atoms with Crippen molar-refractivity contribution in [2.45, 2.75) is 13.3 Å². The Morgan fingerprint density at radius 1 is 1.16 bits per heavy atom. The molecule has 1 amide bonds. The fraction of sp³-hybridized carbons (Fsp3) is 0.133. The first-order valence-electron chi connectivity index (χ1n) is 6.14. The standard InChI is InChI=1S/C15H15N3O/c1-9-3-2-4-12(17)15(9)18-13-6-5-11(16)7-10(13)8-14(18)19/h2-7H,8,16-17H2,1H3. The predicted octanol–water partition coefficient (Wildman–Crippen LogP) is 2.38. The lowest BCUT2D eigenvalue weighted by atomic mass is 10.1. The quantitative estimate of drug-likeness (QED) is 0.766. The molecule has 1 heterocycles. The van der Waals surface area contributed by atoms with Crippen LogP contribution in [0.5, 0.6) is 0 Å². The van der Waals surface area contributed by atoms with Crippen LogP contribution in [0.15, 0.2) is 36.4 Å². The molecule has 0 bridgehead atoms. The Balaban J connectivity index is 2.20. The summed E-state index contributed by atoms with van der Waals surface area (Å²) in [5.41, 5.74) is 16.7. The fourth-order valence-corrected chi connectivity index (χ4v) is 2.57. The van der Waals surface area contributed by atoms with Gasteiger partial charge >= 0.3 is 0 Å². The molecule has 4 N–H and O–H groups in total. The number of carbonyl (C=O) groups excluding carboxylic acids is 1. The molecule has 4 nitrogen and oxygen atoms in total. The first-order valence-corrected chi connectivity index (χ1v) is 6.14. The smallest absolute Gasteiger partial charge is 0.236 e. The Hall–Kier alpha value is -2.49. The van der Waals surface area contributed by atoms with E-state index in [1.807, 2.05) is 37.3 Å². The number of benzene rings is 2. The van der Waals surface area contributed by atoms with Gasteiger partial charge in [0.2, 0.25) is 5.91 Å². The molecule has 4 heteroatoms. The summed E-state index contributed by atoms with van der Waals surface area (Å²) >= 11 is 0. The maximum Gasteiger partial charge on any atom is 0.236 e. The van der Waals surface area contributed by atoms with Gasteiger partial charge in [0, 0.05) is 5.69 Å². The monoisotopic (exact) mass is 253 g/mol. The van der Waals surface area contributed by atoms with Crippen molar-refractivity contribution in [1.82, 2.24) is 0 Å². The number of para-hydroxylation sites is 1. The Bertz CT molecular complexity index is 659. The number of nitrogens with zero attached hydrogens (tertiary/aromatic N) is 1. The second-order valence-electron chi connectivity index (χ2n) is 4.81. The van der Waals surface area contributed by atoms with Crippen molar-refractivity contribution in [2.75, 3.05) is 16.4 Å². The molecule has 0 fully saturated rings. The average molecular weight is 253 g/mol. The lowest BCUT2D eigenvalue weighted by Crippen LogP contribution is -2.22. The van der Waals surface area contributed by atoms with Gasteiger partial charge in [0.1, 0.15) is 0 Å². The molecule has 0 spiro atoms. The highest BCUT2D eigenvalue weighted by Gasteiger charge is 2.30. The van der Waals surface area contributed by atoms with Crippen LogP contribution in [-0.4, -0.2) is 5.91 Å². The molecule has 3 rings (SSSR count). The summed E-state index contributed by atoms with van der Waals surface area (Å²) in [4.78, 5) is 14.0. The van der Waals surface area contributed by atoms with E-state index in [1.165, 1.54) is 0 Å². The number of anilines is 4. The van der Waals surface area contributed by atoms with Crippen LogP contribution in [0.25, 0.3) is 0 Å². The van der Waals surface area contributed by atoms with Crippen LogP contribution in [0, 0.1) is 6.92 Å². The van der Waals surface area contributed by atoms with Crippen molar-refractivity contribution in [1.29, 1.82) is 0 Å². The largest absolute Gasteiger partial charge is 0.399 e. The second kappa shape index (κ2) is 4.02. The zero-order chi connectivity index (χ0) is 13.6. The van der Waals surface area contributed by atoms with Gasteiger partial charge in [0.05, 0.1) is 23.5 Å². The van der Waals surface area contributed by atoms with Crippen LogP contribution < -0.4 is 16.4 Å². The minimum Gasteiger partial charge on any atom is -0.399 e. The molecule has 2 aromatic rings. The summed E-state index contributed by atoms with van der Waals surface area (Å²) in [5, 5.41) is 0. The van der Waals surface area contributed by atoms with Crippen LogP contribution in [-0.2, 0) is 11.2 Å².